The van der Waals surface area contributed by atoms with Gasteiger partial charge in [0.1, 0.15) is 11.5 Å². The lowest BCUT2D eigenvalue weighted by Gasteiger charge is -2.26. The van der Waals surface area contributed by atoms with Gasteiger partial charge in [-0.3, -0.25) is 9.59 Å². The van der Waals surface area contributed by atoms with E-state index in [1.807, 2.05) is 43.3 Å². The van der Waals surface area contributed by atoms with Crippen LogP contribution in [-0.4, -0.2) is 35.4 Å². The van der Waals surface area contributed by atoms with Gasteiger partial charge in [-0.15, -0.1) is 0 Å². The first kappa shape index (κ1) is 25.5. The number of rotatable bonds is 8. The molecule has 1 aliphatic heterocycles. The fraction of sp³-hybridized carbons (Fsp3) is 0.448. The molecule has 2 aromatic carbocycles. The van der Waals surface area contributed by atoms with E-state index in [2.05, 4.69) is 34.6 Å². The van der Waals surface area contributed by atoms with Crippen molar-refractivity contribution in [3.05, 3.63) is 69.8 Å². The molecule has 0 radical (unpaired) electrons. The Hall–Kier alpha value is -3.08. The van der Waals surface area contributed by atoms with E-state index in [0.29, 0.717) is 18.0 Å². The second-order valence-electron chi connectivity index (χ2n) is 9.73. The van der Waals surface area contributed by atoms with Crippen LogP contribution in [0, 0.1) is 6.92 Å². The number of methoxy groups -OCH3 is 1. The number of unbranched alkanes of at least 4 members (excludes halogenated alkanes) is 1. The first-order chi connectivity index (χ1) is 16.1. The van der Waals surface area contributed by atoms with Crippen LogP contribution in [0.2, 0.25) is 0 Å². The number of aliphatic hydroxyl groups excluding tert-OH is 1. The van der Waals surface area contributed by atoms with Gasteiger partial charge in [0.05, 0.1) is 18.7 Å². The predicted octanol–water partition coefficient (Wildman–Crippen LogP) is 6.47. The van der Waals surface area contributed by atoms with E-state index >= 15 is 0 Å². The minimum atomic E-state index is -0.632. The second kappa shape index (κ2) is 10.5. The molecule has 5 heteroatoms. The Morgan fingerprint density at radius 2 is 1.71 bits per heavy atom. The Labute approximate surface area is 203 Å². The molecular formula is C29H37NO4. The standard InChI is InChI=1S/C29H37NO4/c1-8-9-14-30-26(21-12-10-20(11-13-21)17(2)3)25(28(32)29(30)33)27(31)23-16-22(18(4)5)24(34-7)15-19(23)6/h10-13,15-18,26,31H,8-9,14H2,1-7H3/b27-25+. The van der Waals surface area contributed by atoms with Crippen LogP contribution >= 0.6 is 0 Å². The summed E-state index contributed by atoms with van der Waals surface area (Å²) < 4.78 is 5.54. The molecule has 1 fully saturated rings. The number of hydrogen-bond acceptors (Lipinski definition) is 4. The third-order valence-electron chi connectivity index (χ3n) is 6.67. The quantitative estimate of drug-likeness (QED) is 0.277. The highest BCUT2D eigenvalue weighted by atomic mass is 16.5. The summed E-state index contributed by atoms with van der Waals surface area (Å²) >= 11 is 0. The highest BCUT2D eigenvalue weighted by Crippen LogP contribution is 2.41. The van der Waals surface area contributed by atoms with Crippen molar-refractivity contribution in [2.24, 2.45) is 0 Å². The summed E-state index contributed by atoms with van der Waals surface area (Å²) in [6.45, 7) is 12.8. The van der Waals surface area contributed by atoms with Crippen molar-refractivity contribution in [3.63, 3.8) is 0 Å². The molecule has 0 aromatic heterocycles. The molecule has 3 rings (SSSR count). The largest absolute Gasteiger partial charge is 0.507 e. The highest BCUT2D eigenvalue weighted by molar-refractivity contribution is 6.46. The number of carbonyl (C=O) groups is 2. The smallest absolute Gasteiger partial charge is 0.295 e. The lowest BCUT2D eigenvalue weighted by atomic mass is 9.90. The molecule has 1 unspecified atom stereocenters. The van der Waals surface area contributed by atoms with Crippen LogP contribution < -0.4 is 4.74 Å². The molecule has 0 saturated carbocycles. The van der Waals surface area contributed by atoms with Gasteiger partial charge in [-0.2, -0.15) is 0 Å². The molecule has 2 aromatic rings. The van der Waals surface area contributed by atoms with E-state index in [1.165, 1.54) is 5.56 Å². The Balaban J connectivity index is 2.22. The topological polar surface area (TPSA) is 66.8 Å². The normalized spacial score (nSPS) is 17.8. The molecule has 1 atom stereocenters. The molecule has 0 bridgehead atoms. The van der Waals surface area contributed by atoms with Crippen molar-refractivity contribution >= 4 is 17.4 Å². The summed E-state index contributed by atoms with van der Waals surface area (Å²) in [7, 11) is 1.63. The SMILES string of the molecule is CCCCN1C(=O)C(=O)/C(=C(/O)c2cc(C(C)C)c(OC)cc2C)C1c1ccc(C(C)C)cc1. The fourth-order valence-corrected chi connectivity index (χ4v) is 4.58. The van der Waals surface area contributed by atoms with E-state index in [1.54, 1.807) is 12.0 Å². The maximum Gasteiger partial charge on any atom is 0.295 e. The number of Topliss-reactive ketones (excluding diaryl/α,β-unsaturated/α-hetero) is 1. The first-order valence-corrected chi connectivity index (χ1v) is 12.2. The summed E-state index contributed by atoms with van der Waals surface area (Å²) in [5.74, 6) is -0.0352. The number of ether oxygens (including phenoxy) is 1. The summed E-state index contributed by atoms with van der Waals surface area (Å²) in [5.41, 5.74) is 4.45. The monoisotopic (exact) mass is 463 g/mol. The first-order valence-electron chi connectivity index (χ1n) is 12.2. The van der Waals surface area contributed by atoms with Gasteiger partial charge < -0.3 is 14.7 Å². The second-order valence-corrected chi connectivity index (χ2v) is 9.73. The van der Waals surface area contributed by atoms with Gasteiger partial charge in [-0.1, -0.05) is 65.3 Å². The van der Waals surface area contributed by atoms with Crippen molar-refractivity contribution in [2.45, 2.75) is 72.3 Å². The molecule has 1 heterocycles. The minimum absolute atomic E-state index is 0.127. The molecule has 0 spiro atoms. The number of aryl methyl sites for hydroxylation is 1. The third kappa shape index (κ3) is 4.75. The van der Waals surface area contributed by atoms with Crippen LogP contribution in [0.1, 0.15) is 93.2 Å². The Morgan fingerprint density at radius 1 is 1.06 bits per heavy atom. The zero-order valence-corrected chi connectivity index (χ0v) is 21.4. The van der Waals surface area contributed by atoms with Crippen LogP contribution in [0.5, 0.6) is 5.75 Å². The van der Waals surface area contributed by atoms with Crippen LogP contribution in [0.25, 0.3) is 5.76 Å². The van der Waals surface area contributed by atoms with Crippen LogP contribution in [0.4, 0.5) is 0 Å². The van der Waals surface area contributed by atoms with Crippen molar-refractivity contribution in [2.75, 3.05) is 13.7 Å². The summed E-state index contributed by atoms with van der Waals surface area (Å²) in [5, 5.41) is 11.5. The lowest BCUT2D eigenvalue weighted by molar-refractivity contribution is -0.139. The predicted molar refractivity (Wildman–Crippen MR) is 136 cm³/mol. The average Bonchev–Trinajstić information content (AvgIpc) is 3.06. The molecule has 1 amide bonds. The van der Waals surface area contributed by atoms with Gasteiger partial charge in [-0.05, 0) is 59.6 Å². The Kier molecular flexibility index (Phi) is 7.86. The lowest BCUT2D eigenvalue weighted by Crippen LogP contribution is -2.30. The van der Waals surface area contributed by atoms with Crippen molar-refractivity contribution in [1.29, 1.82) is 0 Å². The van der Waals surface area contributed by atoms with E-state index in [4.69, 9.17) is 4.74 Å². The van der Waals surface area contributed by atoms with E-state index in [-0.39, 0.29) is 17.3 Å². The number of nitrogens with zero attached hydrogens (tertiary/aromatic N) is 1. The van der Waals surface area contributed by atoms with Crippen molar-refractivity contribution < 1.29 is 19.4 Å². The van der Waals surface area contributed by atoms with Crippen molar-refractivity contribution in [1.82, 2.24) is 4.90 Å². The number of hydrogen-bond donors (Lipinski definition) is 1. The molecule has 182 valence electrons. The molecule has 1 aliphatic rings. The van der Waals surface area contributed by atoms with Gasteiger partial charge in [0.25, 0.3) is 11.7 Å². The number of benzene rings is 2. The Bertz CT molecular complexity index is 1100. The number of likely N-dealkylation sites (tertiary alicyclic amines) is 1. The van der Waals surface area contributed by atoms with Gasteiger partial charge in [-0.25, -0.2) is 0 Å². The minimum Gasteiger partial charge on any atom is -0.507 e. The van der Waals surface area contributed by atoms with E-state index in [0.717, 1.165) is 35.3 Å². The molecule has 0 aliphatic carbocycles. The molecule has 34 heavy (non-hydrogen) atoms. The van der Waals surface area contributed by atoms with Crippen LogP contribution in [-0.2, 0) is 9.59 Å². The number of amides is 1. The molecule has 5 nitrogen and oxygen atoms in total. The summed E-state index contributed by atoms with van der Waals surface area (Å²) in [6, 6.07) is 11.2. The average molecular weight is 464 g/mol. The highest BCUT2D eigenvalue weighted by Gasteiger charge is 2.45. The molecule has 1 saturated heterocycles. The zero-order chi connectivity index (χ0) is 25.2. The van der Waals surface area contributed by atoms with Gasteiger partial charge in [0.15, 0.2) is 0 Å². The van der Waals surface area contributed by atoms with Crippen molar-refractivity contribution in [3.8, 4) is 5.75 Å². The van der Waals surface area contributed by atoms with E-state index in [9.17, 15) is 14.7 Å². The van der Waals surface area contributed by atoms with Gasteiger partial charge in [0.2, 0.25) is 0 Å². The van der Waals surface area contributed by atoms with Crippen LogP contribution in [0.3, 0.4) is 0 Å². The molecular weight excluding hydrogens is 426 g/mol. The maximum atomic E-state index is 13.3. The number of ketones is 1. The van der Waals surface area contributed by atoms with Crippen LogP contribution in [0.15, 0.2) is 42.0 Å². The fourth-order valence-electron chi connectivity index (χ4n) is 4.58. The summed E-state index contributed by atoms with van der Waals surface area (Å²) in [4.78, 5) is 28.0. The number of carbonyl (C=O) groups excluding carboxylic acids is 2. The maximum absolute atomic E-state index is 13.3. The third-order valence-corrected chi connectivity index (χ3v) is 6.67. The van der Waals surface area contributed by atoms with Gasteiger partial charge >= 0.3 is 0 Å². The van der Waals surface area contributed by atoms with Gasteiger partial charge in [0, 0.05) is 12.1 Å². The summed E-state index contributed by atoms with van der Waals surface area (Å²) in [6.07, 6.45) is 1.68. The molecule has 1 N–H and O–H groups in total. The van der Waals surface area contributed by atoms with E-state index < -0.39 is 17.7 Å². The number of aliphatic hydroxyl groups is 1. The zero-order valence-electron chi connectivity index (χ0n) is 21.4. The Morgan fingerprint density at radius 3 is 2.24 bits per heavy atom.